The van der Waals surface area contributed by atoms with Crippen LogP contribution in [0.1, 0.15) is 11.6 Å². The Balaban J connectivity index is 2.66. The first-order valence-corrected chi connectivity index (χ1v) is 5.08. The van der Waals surface area contributed by atoms with E-state index < -0.39 is 11.9 Å². The number of hydrogen-bond acceptors (Lipinski definition) is 3. The Morgan fingerprint density at radius 2 is 2.38 bits per heavy atom. The summed E-state index contributed by atoms with van der Waals surface area (Å²) in [6.45, 7) is -0.0161. The molecule has 1 unspecified atom stereocenters. The first-order chi connectivity index (χ1) is 7.65. The molecule has 84 valence electrons. The molecule has 0 aromatic carbocycles. The van der Waals surface area contributed by atoms with E-state index in [4.69, 9.17) is 22.4 Å². The number of halogens is 1. The topological polar surface area (TPSA) is 80.6 Å². The average Bonchev–Trinajstić information content (AvgIpc) is 2.57. The molecule has 0 fully saturated rings. The molecule has 0 aliphatic heterocycles. The summed E-state index contributed by atoms with van der Waals surface area (Å²) >= 11 is 5.93. The smallest absolute Gasteiger partial charge is 0.313 e. The minimum absolute atomic E-state index is 0.0161. The van der Waals surface area contributed by atoms with Crippen LogP contribution < -0.4 is 5.73 Å². The number of nitrogens with two attached hydrogens (primary N) is 1. The second kappa shape index (κ2) is 4.11. The van der Waals surface area contributed by atoms with Crippen LogP contribution in [0.2, 0.25) is 5.15 Å². The number of nitrogens with zero attached hydrogens (tertiary/aromatic N) is 2. The van der Waals surface area contributed by atoms with Gasteiger partial charge in [-0.3, -0.25) is 4.79 Å². The lowest BCUT2D eigenvalue weighted by Crippen LogP contribution is -2.22. The van der Waals surface area contributed by atoms with Crippen molar-refractivity contribution in [3.8, 4) is 0 Å². The fourth-order valence-electron chi connectivity index (χ4n) is 1.63. The highest BCUT2D eigenvalue weighted by molar-refractivity contribution is 6.30. The van der Waals surface area contributed by atoms with Crippen molar-refractivity contribution in [1.29, 1.82) is 0 Å². The van der Waals surface area contributed by atoms with E-state index in [1.807, 2.05) is 0 Å². The third-order valence-electron chi connectivity index (χ3n) is 2.39. The first kappa shape index (κ1) is 10.9. The molecule has 0 spiro atoms. The molecule has 1 atom stereocenters. The molecule has 2 aromatic heterocycles. The molecule has 2 rings (SSSR count). The van der Waals surface area contributed by atoms with Crippen LogP contribution in [-0.4, -0.2) is 27.0 Å². The van der Waals surface area contributed by atoms with Gasteiger partial charge < -0.3 is 15.2 Å². The monoisotopic (exact) mass is 239 g/mol. The van der Waals surface area contributed by atoms with Gasteiger partial charge >= 0.3 is 5.97 Å². The molecule has 2 heterocycles. The van der Waals surface area contributed by atoms with Crippen molar-refractivity contribution in [1.82, 2.24) is 9.38 Å². The normalized spacial score (nSPS) is 12.9. The van der Waals surface area contributed by atoms with Gasteiger partial charge in [0.05, 0.1) is 5.69 Å². The average molecular weight is 240 g/mol. The van der Waals surface area contributed by atoms with Crippen molar-refractivity contribution >= 4 is 23.2 Å². The van der Waals surface area contributed by atoms with Crippen LogP contribution in [0.25, 0.3) is 5.65 Å². The van der Waals surface area contributed by atoms with Gasteiger partial charge in [0.2, 0.25) is 0 Å². The summed E-state index contributed by atoms with van der Waals surface area (Å²) in [6.07, 6.45) is 1.72. The second-order valence-electron chi connectivity index (χ2n) is 3.34. The standard InChI is InChI=1S/C10H10ClN3O2/c11-9-8(6(5-12)10(15)16)14-4-2-1-3-7(14)13-9/h1-4,6H,5,12H2,(H,15,16). The maximum atomic E-state index is 11.0. The maximum Gasteiger partial charge on any atom is 0.313 e. The van der Waals surface area contributed by atoms with Crippen LogP contribution in [0, 0.1) is 0 Å². The van der Waals surface area contributed by atoms with Gasteiger partial charge in [-0.1, -0.05) is 17.7 Å². The maximum absolute atomic E-state index is 11.0. The highest BCUT2D eigenvalue weighted by Crippen LogP contribution is 2.25. The van der Waals surface area contributed by atoms with Crippen molar-refractivity contribution in [2.45, 2.75) is 5.92 Å². The van der Waals surface area contributed by atoms with Gasteiger partial charge in [-0.05, 0) is 12.1 Å². The Hall–Kier alpha value is -1.59. The SMILES string of the molecule is NCC(C(=O)O)c1c(Cl)nc2ccccn12. The van der Waals surface area contributed by atoms with E-state index in [1.54, 1.807) is 28.8 Å². The zero-order valence-corrected chi connectivity index (χ0v) is 9.05. The summed E-state index contributed by atoms with van der Waals surface area (Å²) in [4.78, 5) is 15.1. The van der Waals surface area contributed by atoms with E-state index >= 15 is 0 Å². The minimum Gasteiger partial charge on any atom is -0.481 e. The fraction of sp³-hybridized carbons (Fsp3) is 0.200. The van der Waals surface area contributed by atoms with E-state index in [9.17, 15) is 4.79 Å². The summed E-state index contributed by atoms with van der Waals surface area (Å²) < 4.78 is 1.65. The number of pyridine rings is 1. The summed E-state index contributed by atoms with van der Waals surface area (Å²) in [5, 5.41) is 9.23. The number of imidazole rings is 1. The lowest BCUT2D eigenvalue weighted by atomic mass is 10.1. The molecule has 0 saturated carbocycles. The number of hydrogen-bond donors (Lipinski definition) is 2. The molecular formula is C10H10ClN3O2. The van der Waals surface area contributed by atoms with Crippen molar-refractivity contribution in [3.63, 3.8) is 0 Å². The number of fused-ring (bicyclic) bond motifs is 1. The Bertz CT molecular complexity index is 538. The summed E-state index contributed by atoms with van der Waals surface area (Å²) in [5.41, 5.74) is 6.48. The van der Waals surface area contributed by atoms with Gasteiger partial charge in [-0.2, -0.15) is 0 Å². The summed E-state index contributed by atoms with van der Waals surface area (Å²) in [6, 6.07) is 5.34. The van der Waals surface area contributed by atoms with Gasteiger partial charge in [0, 0.05) is 12.7 Å². The summed E-state index contributed by atoms with van der Waals surface area (Å²) in [5.74, 6) is -1.85. The molecule has 3 N–H and O–H groups in total. The Kier molecular flexibility index (Phi) is 2.80. The largest absolute Gasteiger partial charge is 0.481 e. The molecule has 0 saturated heterocycles. The van der Waals surface area contributed by atoms with E-state index in [0.29, 0.717) is 11.3 Å². The predicted octanol–water partition coefficient (Wildman–Crippen LogP) is 1.11. The fourth-order valence-corrected chi connectivity index (χ4v) is 1.94. The molecule has 2 aromatic rings. The van der Waals surface area contributed by atoms with E-state index in [-0.39, 0.29) is 11.7 Å². The van der Waals surface area contributed by atoms with Crippen molar-refractivity contribution in [3.05, 3.63) is 35.2 Å². The van der Waals surface area contributed by atoms with Crippen molar-refractivity contribution < 1.29 is 9.90 Å². The number of rotatable bonds is 3. The molecule has 5 nitrogen and oxygen atoms in total. The number of carbonyl (C=O) groups is 1. The number of carboxylic acids is 1. The van der Waals surface area contributed by atoms with E-state index in [2.05, 4.69) is 4.98 Å². The molecule has 0 bridgehead atoms. The molecule has 0 amide bonds. The van der Waals surface area contributed by atoms with Crippen LogP contribution in [0.5, 0.6) is 0 Å². The zero-order chi connectivity index (χ0) is 11.7. The number of aromatic nitrogens is 2. The zero-order valence-electron chi connectivity index (χ0n) is 8.30. The third kappa shape index (κ3) is 1.64. The van der Waals surface area contributed by atoms with Gasteiger partial charge in [0.1, 0.15) is 11.6 Å². The quantitative estimate of drug-likeness (QED) is 0.841. The highest BCUT2D eigenvalue weighted by atomic mass is 35.5. The Labute approximate surface area is 96.5 Å². The van der Waals surface area contributed by atoms with Crippen LogP contribution in [0.15, 0.2) is 24.4 Å². The highest BCUT2D eigenvalue weighted by Gasteiger charge is 2.25. The lowest BCUT2D eigenvalue weighted by Gasteiger charge is -2.09. The van der Waals surface area contributed by atoms with Crippen LogP contribution in [-0.2, 0) is 4.79 Å². The second-order valence-corrected chi connectivity index (χ2v) is 3.70. The van der Waals surface area contributed by atoms with Crippen LogP contribution >= 0.6 is 11.6 Å². The van der Waals surface area contributed by atoms with Gasteiger partial charge in [0.25, 0.3) is 0 Å². The summed E-state index contributed by atoms with van der Waals surface area (Å²) in [7, 11) is 0. The van der Waals surface area contributed by atoms with Crippen LogP contribution in [0.3, 0.4) is 0 Å². The van der Waals surface area contributed by atoms with Crippen LogP contribution in [0.4, 0.5) is 0 Å². The molecule has 6 heteroatoms. The van der Waals surface area contributed by atoms with E-state index in [1.165, 1.54) is 0 Å². The minimum atomic E-state index is -1.00. The predicted molar refractivity (Wildman–Crippen MR) is 59.6 cm³/mol. The van der Waals surface area contributed by atoms with Crippen molar-refractivity contribution in [2.24, 2.45) is 5.73 Å². The lowest BCUT2D eigenvalue weighted by molar-refractivity contribution is -0.138. The molecule has 0 radical (unpaired) electrons. The van der Waals surface area contributed by atoms with Gasteiger partial charge in [-0.25, -0.2) is 4.98 Å². The Morgan fingerprint density at radius 1 is 1.62 bits per heavy atom. The van der Waals surface area contributed by atoms with Gasteiger partial charge in [0.15, 0.2) is 5.15 Å². The Morgan fingerprint density at radius 3 is 3.00 bits per heavy atom. The number of aliphatic carboxylic acids is 1. The van der Waals surface area contributed by atoms with Gasteiger partial charge in [-0.15, -0.1) is 0 Å². The number of carboxylic acid groups (broad SMARTS) is 1. The molecule has 16 heavy (non-hydrogen) atoms. The first-order valence-electron chi connectivity index (χ1n) is 4.70. The molecule has 0 aliphatic rings. The third-order valence-corrected chi connectivity index (χ3v) is 2.66. The van der Waals surface area contributed by atoms with Crippen molar-refractivity contribution in [2.75, 3.05) is 6.54 Å². The molecule has 0 aliphatic carbocycles. The molecular weight excluding hydrogens is 230 g/mol. The van der Waals surface area contributed by atoms with E-state index in [0.717, 1.165) is 0 Å².